The summed E-state index contributed by atoms with van der Waals surface area (Å²) in [6.07, 6.45) is 0.980. The lowest BCUT2D eigenvalue weighted by atomic mass is 9.95. The standard InChI is InChI=1S/C15H25NO2S/c1-14(2,3)13-6-5-12(19-13)9-16-10-15(17-4)7-8-18-11-15/h5-6,16H,7-11H2,1-4H3. The van der Waals surface area contributed by atoms with Crippen LogP contribution in [-0.4, -0.2) is 32.5 Å². The molecule has 0 aliphatic carbocycles. The average molecular weight is 283 g/mol. The Labute approximate surface area is 120 Å². The second kappa shape index (κ2) is 5.92. The van der Waals surface area contributed by atoms with Crippen molar-refractivity contribution in [3.63, 3.8) is 0 Å². The van der Waals surface area contributed by atoms with E-state index in [9.17, 15) is 0 Å². The Morgan fingerprint density at radius 2 is 2.21 bits per heavy atom. The van der Waals surface area contributed by atoms with E-state index in [1.807, 2.05) is 11.3 Å². The van der Waals surface area contributed by atoms with Crippen LogP contribution in [0.25, 0.3) is 0 Å². The summed E-state index contributed by atoms with van der Waals surface area (Å²) < 4.78 is 11.1. The molecule has 1 fully saturated rings. The van der Waals surface area contributed by atoms with E-state index in [-0.39, 0.29) is 11.0 Å². The molecule has 1 aromatic heterocycles. The molecule has 1 atom stereocenters. The maximum atomic E-state index is 5.61. The van der Waals surface area contributed by atoms with Crippen molar-refractivity contribution in [3.8, 4) is 0 Å². The van der Waals surface area contributed by atoms with Crippen LogP contribution in [0.1, 0.15) is 36.9 Å². The van der Waals surface area contributed by atoms with E-state index in [2.05, 4.69) is 38.2 Å². The van der Waals surface area contributed by atoms with Crippen molar-refractivity contribution in [3.05, 3.63) is 21.9 Å². The van der Waals surface area contributed by atoms with Crippen molar-refractivity contribution in [1.82, 2.24) is 5.32 Å². The Morgan fingerprint density at radius 1 is 1.42 bits per heavy atom. The van der Waals surface area contributed by atoms with E-state index < -0.39 is 0 Å². The third-order valence-corrected chi connectivity index (χ3v) is 5.16. The lowest BCUT2D eigenvalue weighted by Crippen LogP contribution is -2.42. The van der Waals surface area contributed by atoms with E-state index in [0.29, 0.717) is 6.61 Å². The lowest BCUT2D eigenvalue weighted by Gasteiger charge is -2.25. The fraction of sp³-hybridized carbons (Fsp3) is 0.733. The Kier molecular flexibility index (Phi) is 4.66. The lowest BCUT2D eigenvalue weighted by molar-refractivity contribution is -0.0158. The van der Waals surface area contributed by atoms with Crippen LogP contribution in [0.4, 0.5) is 0 Å². The van der Waals surface area contributed by atoms with Crippen LogP contribution in [0.15, 0.2) is 12.1 Å². The highest BCUT2D eigenvalue weighted by Crippen LogP contribution is 2.29. The number of nitrogens with one attached hydrogen (secondary N) is 1. The molecule has 4 heteroatoms. The first kappa shape index (κ1) is 15.0. The van der Waals surface area contributed by atoms with Gasteiger partial charge in [-0.1, -0.05) is 20.8 Å². The molecule has 3 nitrogen and oxygen atoms in total. The van der Waals surface area contributed by atoms with Crippen LogP contribution >= 0.6 is 11.3 Å². The Morgan fingerprint density at radius 3 is 2.74 bits per heavy atom. The molecule has 1 N–H and O–H groups in total. The molecule has 0 amide bonds. The zero-order valence-corrected chi connectivity index (χ0v) is 13.2. The molecule has 0 saturated carbocycles. The first-order valence-electron chi connectivity index (χ1n) is 6.88. The summed E-state index contributed by atoms with van der Waals surface area (Å²) in [5.41, 5.74) is 0.125. The summed E-state index contributed by atoms with van der Waals surface area (Å²) in [7, 11) is 1.78. The number of ether oxygens (including phenoxy) is 2. The molecule has 1 unspecified atom stereocenters. The summed E-state index contributed by atoms with van der Waals surface area (Å²) >= 11 is 1.89. The van der Waals surface area contributed by atoms with E-state index in [1.165, 1.54) is 9.75 Å². The molecule has 108 valence electrons. The van der Waals surface area contributed by atoms with Gasteiger partial charge in [-0.15, -0.1) is 11.3 Å². The molecule has 1 saturated heterocycles. The van der Waals surface area contributed by atoms with Crippen LogP contribution in [-0.2, 0) is 21.4 Å². The van der Waals surface area contributed by atoms with E-state index in [1.54, 1.807) is 7.11 Å². The first-order valence-corrected chi connectivity index (χ1v) is 7.70. The van der Waals surface area contributed by atoms with Crippen molar-refractivity contribution in [2.24, 2.45) is 0 Å². The van der Waals surface area contributed by atoms with E-state index in [0.717, 1.165) is 26.1 Å². The Hall–Kier alpha value is -0.420. The fourth-order valence-electron chi connectivity index (χ4n) is 2.25. The molecule has 1 aliphatic heterocycles. The zero-order chi connectivity index (χ0) is 13.9. The molecule has 1 aromatic rings. The maximum absolute atomic E-state index is 5.61. The molecule has 0 aromatic carbocycles. The summed E-state index contributed by atoms with van der Waals surface area (Å²) in [5, 5.41) is 3.51. The minimum atomic E-state index is -0.121. The van der Waals surface area contributed by atoms with Gasteiger partial charge in [0, 0.05) is 43.0 Å². The number of rotatable bonds is 5. The quantitative estimate of drug-likeness (QED) is 0.901. The maximum Gasteiger partial charge on any atom is 0.106 e. The zero-order valence-electron chi connectivity index (χ0n) is 12.4. The van der Waals surface area contributed by atoms with Crippen LogP contribution in [0.5, 0.6) is 0 Å². The van der Waals surface area contributed by atoms with Gasteiger partial charge in [0.2, 0.25) is 0 Å². The molecule has 2 rings (SSSR count). The van der Waals surface area contributed by atoms with Gasteiger partial charge in [0.1, 0.15) is 5.60 Å². The SMILES string of the molecule is COC1(CNCc2ccc(C(C)(C)C)s2)CCOC1. The number of methoxy groups -OCH3 is 1. The molecule has 0 radical (unpaired) electrons. The summed E-state index contributed by atoms with van der Waals surface area (Å²) in [5.74, 6) is 0. The molecular weight excluding hydrogens is 258 g/mol. The summed E-state index contributed by atoms with van der Waals surface area (Å²) in [6.45, 7) is 10.0. The third-order valence-electron chi connectivity index (χ3n) is 3.65. The van der Waals surface area contributed by atoms with Gasteiger partial charge in [-0.3, -0.25) is 0 Å². The molecule has 1 aliphatic rings. The predicted octanol–water partition coefficient (Wildman–Crippen LogP) is 2.94. The van der Waals surface area contributed by atoms with Gasteiger partial charge in [0.25, 0.3) is 0 Å². The molecule has 0 spiro atoms. The van der Waals surface area contributed by atoms with E-state index in [4.69, 9.17) is 9.47 Å². The number of hydrogen-bond acceptors (Lipinski definition) is 4. The van der Waals surface area contributed by atoms with Crippen molar-refractivity contribution in [1.29, 1.82) is 0 Å². The highest BCUT2D eigenvalue weighted by molar-refractivity contribution is 7.12. The largest absolute Gasteiger partial charge is 0.378 e. The topological polar surface area (TPSA) is 30.5 Å². The van der Waals surface area contributed by atoms with Crippen molar-refractivity contribution >= 4 is 11.3 Å². The average Bonchev–Trinajstić information content (AvgIpc) is 2.97. The second-order valence-corrected chi connectivity index (χ2v) is 7.48. The normalized spacial score (nSPS) is 24.0. The van der Waals surface area contributed by atoms with Crippen molar-refractivity contribution in [2.45, 2.75) is 44.8 Å². The van der Waals surface area contributed by atoms with Gasteiger partial charge in [-0.2, -0.15) is 0 Å². The van der Waals surface area contributed by atoms with Crippen LogP contribution in [0, 0.1) is 0 Å². The first-order chi connectivity index (χ1) is 8.95. The van der Waals surface area contributed by atoms with E-state index >= 15 is 0 Å². The van der Waals surface area contributed by atoms with Crippen molar-refractivity contribution < 1.29 is 9.47 Å². The molecule has 2 heterocycles. The third kappa shape index (κ3) is 3.78. The monoisotopic (exact) mass is 283 g/mol. The second-order valence-electron chi connectivity index (χ2n) is 6.31. The van der Waals surface area contributed by atoms with Crippen LogP contribution < -0.4 is 5.32 Å². The van der Waals surface area contributed by atoms with Crippen molar-refractivity contribution in [2.75, 3.05) is 26.9 Å². The van der Waals surface area contributed by atoms with Gasteiger partial charge in [-0.25, -0.2) is 0 Å². The molecule has 0 bridgehead atoms. The number of thiophene rings is 1. The summed E-state index contributed by atoms with van der Waals surface area (Å²) in [6, 6.07) is 4.47. The smallest absolute Gasteiger partial charge is 0.106 e. The van der Waals surface area contributed by atoms with Gasteiger partial charge < -0.3 is 14.8 Å². The van der Waals surface area contributed by atoms with Gasteiger partial charge in [0.05, 0.1) is 6.61 Å². The van der Waals surface area contributed by atoms with Crippen LogP contribution in [0.3, 0.4) is 0 Å². The van der Waals surface area contributed by atoms with Crippen LogP contribution in [0.2, 0.25) is 0 Å². The fourth-order valence-corrected chi connectivity index (χ4v) is 3.29. The molecular formula is C15H25NO2S. The highest BCUT2D eigenvalue weighted by atomic mass is 32.1. The van der Waals surface area contributed by atoms with Gasteiger partial charge >= 0.3 is 0 Å². The highest BCUT2D eigenvalue weighted by Gasteiger charge is 2.34. The Bertz CT molecular complexity index is 403. The minimum Gasteiger partial charge on any atom is -0.378 e. The minimum absolute atomic E-state index is 0.121. The number of hydrogen-bond donors (Lipinski definition) is 1. The Balaban J connectivity index is 1.84. The van der Waals surface area contributed by atoms with Gasteiger partial charge in [0.15, 0.2) is 0 Å². The summed E-state index contributed by atoms with van der Waals surface area (Å²) in [4.78, 5) is 2.82. The van der Waals surface area contributed by atoms with Gasteiger partial charge in [-0.05, 0) is 17.5 Å². The predicted molar refractivity (Wildman–Crippen MR) is 79.9 cm³/mol. The molecule has 19 heavy (non-hydrogen) atoms.